The van der Waals surface area contributed by atoms with Gasteiger partial charge in [-0.3, -0.25) is 0 Å². The zero-order valence-electron chi connectivity index (χ0n) is 6.57. The maximum Gasteiger partial charge on any atom is 0.302 e. The van der Waals surface area contributed by atoms with Gasteiger partial charge in [0, 0.05) is 6.20 Å². The molecular weight excluding hydrogens is 261 g/mol. The fourth-order valence-electron chi connectivity index (χ4n) is 0.794. The van der Waals surface area contributed by atoms with E-state index in [4.69, 9.17) is 0 Å². The molecule has 0 amide bonds. The van der Waals surface area contributed by atoms with E-state index in [0.717, 1.165) is 0 Å². The first-order chi connectivity index (χ1) is 5.97. The maximum absolute atomic E-state index is 12.1. The molecule has 0 aliphatic rings. The number of hydrogen-bond acceptors (Lipinski definition) is 3. The number of rotatable bonds is 3. The summed E-state index contributed by atoms with van der Waals surface area (Å²) in [5.74, 6) is -0.490. The number of nitrogens with zero attached hydrogens (tertiary/aromatic N) is 1. The molecule has 0 radical (unpaired) electrons. The Morgan fingerprint density at radius 1 is 1.46 bits per heavy atom. The SMILES string of the molecule is O=S(=O)(F)CCc1ccc(Br)nc1. The van der Waals surface area contributed by atoms with Gasteiger partial charge in [-0.25, -0.2) is 4.98 Å². The first-order valence-electron chi connectivity index (χ1n) is 3.50. The van der Waals surface area contributed by atoms with E-state index < -0.39 is 16.0 Å². The van der Waals surface area contributed by atoms with Gasteiger partial charge in [-0.15, -0.1) is 3.89 Å². The van der Waals surface area contributed by atoms with Crippen LogP contribution in [0.5, 0.6) is 0 Å². The van der Waals surface area contributed by atoms with Crippen molar-refractivity contribution in [3.63, 3.8) is 0 Å². The van der Waals surface area contributed by atoms with E-state index in [0.29, 0.717) is 10.2 Å². The molecule has 0 bridgehead atoms. The first-order valence-corrected chi connectivity index (χ1v) is 5.85. The highest BCUT2D eigenvalue weighted by atomic mass is 79.9. The van der Waals surface area contributed by atoms with E-state index in [2.05, 4.69) is 20.9 Å². The van der Waals surface area contributed by atoms with Crippen LogP contribution in [0.2, 0.25) is 0 Å². The van der Waals surface area contributed by atoms with Crippen LogP contribution in [0.4, 0.5) is 3.89 Å². The summed E-state index contributed by atoms with van der Waals surface area (Å²) in [6.07, 6.45) is 1.66. The average Bonchev–Trinajstić information content (AvgIpc) is 2.02. The van der Waals surface area contributed by atoms with Crippen LogP contribution < -0.4 is 0 Å². The molecule has 0 saturated carbocycles. The molecular formula is C7H7BrFNO2S. The summed E-state index contributed by atoms with van der Waals surface area (Å²) in [6.45, 7) is 0. The van der Waals surface area contributed by atoms with Gasteiger partial charge in [-0.05, 0) is 34.0 Å². The Balaban J connectivity index is 2.61. The molecule has 72 valence electrons. The Bertz CT molecular complexity index is 376. The van der Waals surface area contributed by atoms with Crippen LogP contribution in [0.3, 0.4) is 0 Å². The van der Waals surface area contributed by atoms with E-state index >= 15 is 0 Å². The lowest BCUT2D eigenvalue weighted by atomic mass is 10.2. The summed E-state index contributed by atoms with van der Waals surface area (Å²) >= 11 is 3.13. The molecule has 0 fully saturated rings. The van der Waals surface area contributed by atoms with Crippen LogP contribution in [-0.2, 0) is 16.6 Å². The smallest absolute Gasteiger partial charge is 0.249 e. The van der Waals surface area contributed by atoms with Gasteiger partial charge in [-0.1, -0.05) is 6.07 Å². The molecule has 0 saturated heterocycles. The topological polar surface area (TPSA) is 47.0 Å². The number of pyridine rings is 1. The van der Waals surface area contributed by atoms with Gasteiger partial charge < -0.3 is 0 Å². The molecule has 3 nitrogen and oxygen atoms in total. The Kier molecular flexibility index (Phi) is 3.38. The van der Waals surface area contributed by atoms with E-state index in [1.807, 2.05) is 0 Å². The van der Waals surface area contributed by atoms with Crippen molar-refractivity contribution in [1.82, 2.24) is 4.98 Å². The van der Waals surface area contributed by atoms with Crippen molar-refractivity contribution in [2.24, 2.45) is 0 Å². The van der Waals surface area contributed by atoms with Crippen molar-refractivity contribution in [2.75, 3.05) is 5.75 Å². The number of aromatic nitrogens is 1. The largest absolute Gasteiger partial charge is 0.302 e. The van der Waals surface area contributed by atoms with Crippen molar-refractivity contribution in [3.8, 4) is 0 Å². The predicted molar refractivity (Wildman–Crippen MR) is 50.5 cm³/mol. The van der Waals surface area contributed by atoms with Crippen LogP contribution in [0.15, 0.2) is 22.9 Å². The van der Waals surface area contributed by atoms with Crippen molar-refractivity contribution in [1.29, 1.82) is 0 Å². The van der Waals surface area contributed by atoms with Crippen molar-refractivity contribution in [2.45, 2.75) is 6.42 Å². The van der Waals surface area contributed by atoms with E-state index in [1.54, 1.807) is 12.1 Å². The Hall–Kier alpha value is -0.490. The molecule has 0 aromatic carbocycles. The van der Waals surface area contributed by atoms with Crippen molar-refractivity contribution in [3.05, 3.63) is 28.5 Å². The van der Waals surface area contributed by atoms with Gasteiger partial charge in [0.25, 0.3) is 0 Å². The van der Waals surface area contributed by atoms with Gasteiger partial charge in [0.1, 0.15) is 4.60 Å². The Labute approximate surface area is 84.3 Å². The predicted octanol–water partition coefficient (Wildman–Crippen LogP) is 1.69. The number of hydrogen-bond donors (Lipinski definition) is 0. The highest BCUT2D eigenvalue weighted by Gasteiger charge is 2.06. The molecule has 6 heteroatoms. The minimum absolute atomic E-state index is 0.152. The highest BCUT2D eigenvalue weighted by molar-refractivity contribution is 9.10. The zero-order chi connectivity index (χ0) is 9.90. The molecule has 1 rings (SSSR count). The van der Waals surface area contributed by atoms with Gasteiger partial charge in [-0.2, -0.15) is 8.42 Å². The van der Waals surface area contributed by atoms with Crippen LogP contribution in [0.1, 0.15) is 5.56 Å². The lowest BCUT2D eigenvalue weighted by Crippen LogP contribution is -2.02. The maximum atomic E-state index is 12.1. The molecule has 1 heterocycles. The second-order valence-electron chi connectivity index (χ2n) is 2.48. The first kappa shape index (κ1) is 10.6. The van der Waals surface area contributed by atoms with Crippen molar-refractivity contribution >= 4 is 26.2 Å². The third-order valence-corrected chi connectivity index (χ3v) is 2.58. The summed E-state index contributed by atoms with van der Waals surface area (Å²) in [6, 6.07) is 3.38. The molecule has 0 atom stereocenters. The fourth-order valence-corrected chi connectivity index (χ4v) is 1.51. The summed E-state index contributed by atoms with van der Waals surface area (Å²) < 4.78 is 33.1. The van der Waals surface area contributed by atoms with E-state index in [1.165, 1.54) is 6.20 Å². The monoisotopic (exact) mass is 267 g/mol. The minimum atomic E-state index is -4.37. The summed E-state index contributed by atoms with van der Waals surface area (Å²) in [7, 11) is -4.37. The quantitative estimate of drug-likeness (QED) is 0.619. The molecule has 0 aliphatic carbocycles. The van der Waals surface area contributed by atoms with Crippen LogP contribution in [0, 0.1) is 0 Å². The number of halogens is 2. The standard InChI is InChI=1S/C7H7BrFNO2S/c8-7-2-1-6(5-10-7)3-4-13(9,11)12/h1-2,5H,3-4H2. The van der Waals surface area contributed by atoms with Crippen LogP contribution in [-0.4, -0.2) is 19.2 Å². The summed E-state index contributed by atoms with van der Waals surface area (Å²) in [5, 5.41) is 0. The lowest BCUT2D eigenvalue weighted by Gasteiger charge is -1.97. The summed E-state index contributed by atoms with van der Waals surface area (Å²) in [4.78, 5) is 3.88. The second kappa shape index (κ2) is 4.15. The molecule has 0 spiro atoms. The second-order valence-corrected chi connectivity index (χ2v) is 4.78. The van der Waals surface area contributed by atoms with Gasteiger partial charge in [0.05, 0.1) is 5.75 Å². The van der Waals surface area contributed by atoms with E-state index in [9.17, 15) is 12.3 Å². The third-order valence-electron chi connectivity index (χ3n) is 1.42. The van der Waals surface area contributed by atoms with Gasteiger partial charge >= 0.3 is 10.2 Å². The van der Waals surface area contributed by atoms with Crippen LogP contribution in [0.25, 0.3) is 0 Å². The van der Waals surface area contributed by atoms with Gasteiger partial charge in [0.15, 0.2) is 0 Å². The van der Waals surface area contributed by atoms with Crippen LogP contribution >= 0.6 is 15.9 Å². The Morgan fingerprint density at radius 2 is 2.15 bits per heavy atom. The number of aryl methyl sites for hydroxylation is 1. The fraction of sp³-hybridized carbons (Fsp3) is 0.286. The third kappa shape index (κ3) is 4.33. The molecule has 1 aromatic heterocycles. The average molecular weight is 268 g/mol. The molecule has 0 aliphatic heterocycles. The molecule has 1 aromatic rings. The lowest BCUT2D eigenvalue weighted by molar-refractivity contribution is 0.551. The molecule has 13 heavy (non-hydrogen) atoms. The van der Waals surface area contributed by atoms with E-state index in [-0.39, 0.29) is 6.42 Å². The molecule has 0 N–H and O–H groups in total. The highest BCUT2D eigenvalue weighted by Crippen LogP contribution is 2.07. The zero-order valence-corrected chi connectivity index (χ0v) is 8.98. The Morgan fingerprint density at radius 3 is 2.62 bits per heavy atom. The normalized spacial score (nSPS) is 11.5. The minimum Gasteiger partial charge on any atom is -0.249 e. The van der Waals surface area contributed by atoms with Gasteiger partial charge in [0.2, 0.25) is 0 Å². The van der Waals surface area contributed by atoms with Crippen molar-refractivity contribution < 1.29 is 12.3 Å². The summed E-state index contributed by atoms with van der Waals surface area (Å²) in [5.41, 5.74) is 0.699. The molecule has 0 unspecified atom stereocenters.